The maximum Gasteiger partial charge on any atom is 0.259 e. The highest BCUT2D eigenvalue weighted by molar-refractivity contribution is 7.44. The molecule has 2 unspecified atom stereocenters. The minimum absolute atomic E-state index is 0.137. The second-order valence-electron chi connectivity index (χ2n) is 17.5. The molecule has 16 heteroatoms. The molecule has 0 amide bonds. The van der Waals surface area contributed by atoms with Crippen LogP contribution in [0.5, 0.6) is 0 Å². The Balaban J connectivity index is 1.29. The van der Waals surface area contributed by atoms with E-state index in [2.05, 4.69) is 64.2 Å². The van der Waals surface area contributed by atoms with Crippen molar-refractivity contribution in [2.75, 3.05) is 60.2 Å². The molecular formula is C44H76N9O6P. The molecule has 0 aliphatic carbocycles. The highest BCUT2D eigenvalue weighted by Gasteiger charge is 2.65. The van der Waals surface area contributed by atoms with Crippen LogP contribution in [-0.2, 0) is 28.1 Å². The molecule has 5 rings (SSSR count). The van der Waals surface area contributed by atoms with E-state index in [4.69, 9.17) is 39.7 Å². The van der Waals surface area contributed by atoms with Crippen molar-refractivity contribution in [3.05, 3.63) is 24.1 Å². The van der Waals surface area contributed by atoms with Gasteiger partial charge in [0.05, 0.1) is 19.3 Å². The summed E-state index contributed by atoms with van der Waals surface area (Å²) in [5.74, 6) is 0.471. The lowest BCUT2D eigenvalue weighted by Gasteiger charge is -2.39. The average molecular weight is 858 g/mol. The number of fused-ring (bicyclic) bond motifs is 3. The molecule has 2 aromatic rings. The normalized spacial score (nSPS) is 22.7. The number of ether oxygens (including phenoxy) is 3. The summed E-state index contributed by atoms with van der Waals surface area (Å²) in [6.45, 7) is 21.6. The number of hydrogen-bond donors (Lipinski definition) is 0. The van der Waals surface area contributed by atoms with E-state index < -0.39 is 32.6 Å². The fourth-order valence-corrected chi connectivity index (χ4v) is 10.3. The van der Waals surface area contributed by atoms with Gasteiger partial charge in [0, 0.05) is 52.0 Å². The van der Waals surface area contributed by atoms with E-state index in [-0.39, 0.29) is 37.9 Å². The van der Waals surface area contributed by atoms with Gasteiger partial charge in [-0.3, -0.25) is 9.40 Å². The predicted molar refractivity (Wildman–Crippen MR) is 238 cm³/mol. The Morgan fingerprint density at radius 3 is 2.22 bits per heavy atom. The van der Waals surface area contributed by atoms with E-state index in [1.54, 1.807) is 12.7 Å². The second-order valence-corrected chi connectivity index (χ2v) is 18.9. The zero-order valence-electron chi connectivity index (χ0n) is 37.9. The Kier molecular flexibility index (Phi) is 20.8. The number of rotatable bonds is 30. The van der Waals surface area contributed by atoms with Crippen LogP contribution in [0.4, 0.5) is 5.82 Å². The lowest BCUT2D eigenvalue weighted by Crippen LogP contribution is -2.50. The van der Waals surface area contributed by atoms with Gasteiger partial charge in [0.1, 0.15) is 37.4 Å². The Hall–Kier alpha value is -2.38. The maximum absolute atomic E-state index is 7.40. The average Bonchev–Trinajstić information content (AvgIpc) is 3.91. The summed E-state index contributed by atoms with van der Waals surface area (Å²) in [7, 11) is 2.23. The van der Waals surface area contributed by atoms with Gasteiger partial charge in [0.2, 0.25) is 6.54 Å². The first-order chi connectivity index (χ1) is 29.2. The van der Waals surface area contributed by atoms with Crippen LogP contribution in [0.25, 0.3) is 16.0 Å². The van der Waals surface area contributed by atoms with Crippen LogP contribution >= 0.6 is 8.53 Å². The van der Waals surface area contributed by atoms with Crippen molar-refractivity contribution in [3.63, 3.8) is 0 Å². The molecule has 0 radical (unpaired) electrons. The van der Waals surface area contributed by atoms with E-state index in [0.717, 1.165) is 39.0 Å². The fraction of sp³-hybridized carbons (Fsp3) is 0.841. The zero-order chi connectivity index (χ0) is 42.7. The van der Waals surface area contributed by atoms with Gasteiger partial charge in [-0.15, -0.1) is 0 Å². The summed E-state index contributed by atoms with van der Waals surface area (Å²) in [6, 6.07) is 0.531. The van der Waals surface area contributed by atoms with E-state index in [9.17, 15) is 0 Å². The van der Waals surface area contributed by atoms with Crippen molar-refractivity contribution in [2.24, 2.45) is 4.99 Å². The first-order valence-corrected chi connectivity index (χ1v) is 24.2. The summed E-state index contributed by atoms with van der Waals surface area (Å²) < 4.78 is 37.3. The number of unbranched alkanes of at least 4 members (excludes halogenated alkanes) is 13. The summed E-state index contributed by atoms with van der Waals surface area (Å²) >= 11 is 0. The zero-order valence-corrected chi connectivity index (χ0v) is 38.8. The smallest absolute Gasteiger partial charge is 0.259 e. The van der Waals surface area contributed by atoms with Gasteiger partial charge in [-0.2, -0.15) is 5.06 Å². The van der Waals surface area contributed by atoms with E-state index in [1.165, 1.54) is 89.8 Å². The summed E-state index contributed by atoms with van der Waals surface area (Å²) in [5, 5.41) is 2.21. The summed E-state index contributed by atoms with van der Waals surface area (Å²) in [4.78, 5) is 30.6. The molecule has 3 saturated heterocycles. The Morgan fingerprint density at radius 1 is 0.950 bits per heavy atom. The number of nitrogens with zero attached hydrogens (tertiary/aromatic N) is 9. The molecule has 0 aromatic carbocycles. The third kappa shape index (κ3) is 13.8. The fourth-order valence-electron chi connectivity index (χ4n) is 8.53. The van der Waals surface area contributed by atoms with Crippen LogP contribution < -0.4 is 0 Å². The van der Waals surface area contributed by atoms with Crippen LogP contribution in [-0.4, -0.2) is 137 Å². The monoisotopic (exact) mass is 858 g/mol. The van der Waals surface area contributed by atoms with E-state index in [1.807, 2.05) is 23.6 Å². The van der Waals surface area contributed by atoms with Crippen LogP contribution in [0.2, 0.25) is 0 Å². The number of hydrogen-bond acceptors (Lipinski definition) is 12. The second kappa shape index (κ2) is 25.7. The van der Waals surface area contributed by atoms with Crippen LogP contribution in [0, 0.1) is 6.57 Å². The molecule has 60 heavy (non-hydrogen) atoms. The summed E-state index contributed by atoms with van der Waals surface area (Å²) in [6.07, 6.45) is 23.7. The molecule has 0 spiro atoms. The van der Waals surface area contributed by atoms with Gasteiger partial charge in [0.25, 0.3) is 8.53 Å². The van der Waals surface area contributed by atoms with Crippen molar-refractivity contribution >= 4 is 31.8 Å². The molecule has 338 valence electrons. The van der Waals surface area contributed by atoms with Gasteiger partial charge in [-0.05, 0) is 47.0 Å². The first-order valence-electron chi connectivity index (χ1n) is 23.0. The highest BCUT2D eigenvalue weighted by Crippen LogP contribution is 2.55. The molecule has 5 heterocycles. The van der Waals surface area contributed by atoms with Crippen LogP contribution in [0.15, 0.2) is 17.6 Å². The van der Waals surface area contributed by atoms with Crippen LogP contribution in [0.1, 0.15) is 144 Å². The van der Waals surface area contributed by atoms with Crippen molar-refractivity contribution in [2.45, 2.75) is 180 Å². The lowest BCUT2D eigenvalue weighted by atomic mass is 10.0. The molecule has 0 N–H and O–H groups in total. The Morgan fingerprint density at radius 2 is 1.60 bits per heavy atom. The SMILES string of the molecule is [C-]#[N+]CCOP(OC1[C@@H]2OC[C@]1(CON(CCCCCCCCCCCCCCCC)C1CCOCC1)O[C@H]2n1cnc2c(/N=C\N(C)C)ncnc21)N(C(C)C)C(C)C. The molecule has 3 aliphatic rings. The largest absolute Gasteiger partial charge is 0.381 e. The predicted octanol–water partition coefficient (Wildman–Crippen LogP) is 9.27. The lowest BCUT2D eigenvalue weighted by molar-refractivity contribution is -0.260. The topological polar surface area (TPSA) is 125 Å². The maximum atomic E-state index is 7.40. The number of aliphatic imine (C=N–C) groups is 1. The molecule has 2 bridgehead atoms. The quantitative estimate of drug-likeness (QED) is 0.0186. The van der Waals surface area contributed by atoms with Crippen molar-refractivity contribution in [1.29, 1.82) is 0 Å². The van der Waals surface area contributed by atoms with E-state index in [0.29, 0.717) is 23.6 Å². The molecule has 2 aromatic heterocycles. The van der Waals surface area contributed by atoms with E-state index >= 15 is 0 Å². The van der Waals surface area contributed by atoms with Gasteiger partial charge in [0.15, 0.2) is 23.2 Å². The number of aromatic nitrogens is 4. The Labute approximate surface area is 362 Å². The van der Waals surface area contributed by atoms with Crippen LogP contribution in [0.3, 0.4) is 0 Å². The molecule has 3 aliphatic heterocycles. The number of imidazole rings is 1. The minimum atomic E-state index is -1.59. The van der Waals surface area contributed by atoms with Gasteiger partial charge < -0.3 is 33.0 Å². The summed E-state index contributed by atoms with van der Waals surface area (Å²) in [5.41, 5.74) is 0.210. The molecule has 5 atom stereocenters. The van der Waals surface area contributed by atoms with Gasteiger partial charge in [-0.25, -0.2) is 31.2 Å². The molecule has 3 fully saturated rings. The van der Waals surface area contributed by atoms with Crippen molar-refractivity contribution in [1.82, 2.24) is 34.2 Å². The van der Waals surface area contributed by atoms with Crippen molar-refractivity contribution in [3.8, 4) is 0 Å². The third-order valence-electron chi connectivity index (χ3n) is 11.7. The molecular weight excluding hydrogens is 782 g/mol. The third-order valence-corrected chi connectivity index (χ3v) is 13.8. The van der Waals surface area contributed by atoms with Gasteiger partial charge in [-0.1, -0.05) is 90.4 Å². The van der Waals surface area contributed by atoms with Gasteiger partial charge >= 0.3 is 0 Å². The first kappa shape index (κ1) is 48.6. The minimum Gasteiger partial charge on any atom is -0.381 e. The molecule has 15 nitrogen and oxygen atoms in total. The highest BCUT2D eigenvalue weighted by atomic mass is 31.2. The van der Waals surface area contributed by atoms with Crippen molar-refractivity contribution < 1.29 is 28.1 Å². The Bertz CT molecular complexity index is 1580. The molecule has 0 saturated carbocycles. The standard InChI is InChI=1S/C44H76N9O6P/c1-9-10-11-12-13-14-15-16-17-18-19-20-21-22-26-52(37-23-27-54-28-24-37)56-31-44-30-55-39(40(44)59-60(57-29-25-45-6)53(35(2)3)36(4)5)43(58-44)51-34-48-38-41(49-33-50(7)8)46-32-47-42(38)51/h32-37,39-40,43H,9-31H2,1-5,7-8H3/b49-33-/t39-,40?,43+,44+,60?/m0/s1. The number of hydroxylamine groups is 2.